The Kier molecular flexibility index (Phi) is 6.50. The highest BCUT2D eigenvalue weighted by atomic mass is 16.3. The fourth-order valence-electron chi connectivity index (χ4n) is 3.31. The molecular weight excluding hydrogens is 210 g/mol. The van der Waals surface area contributed by atoms with Crippen LogP contribution in [0.4, 0.5) is 0 Å². The first-order chi connectivity index (χ1) is 8.15. The minimum Gasteiger partial charge on any atom is -0.396 e. The minimum atomic E-state index is 0.196. The zero-order valence-corrected chi connectivity index (χ0v) is 12.0. The van der Waals surface area contributed by atoms with Crippen molar-refractivity contribution in [2.75, 3.05) is 26.2 Å². The molecule has 2 nitrogen and oxygen atoms in total. The van der Waals surface area contributed by atoms with Gasteiger partial charge in [0, 0.05) is 18.6 Å². The number of aliphatic hydroxyl groups excluding tert-OH is 1. The second-order valence-corrected chi connectivity index (χ2v) is 6.08. The largest absolute Gasteiger partial charge is 0.396 e. The third kappa shape index (κ3) is 4.59. The summed E-state index contributed by atoms with van der Waals surface area (Å²) < 4.78 is 0. The van der Waals surface area contributed by atoms with Gasteiger partial charge in [0.25, 0.3) is 0 Å². The van der Waals surface area contributed by atoms with Gasteiger partial charge in [0.2, 0.25) is 0 Å². The standard InChI is InChI=1S/C15H31NO/c1-4-6-10-16(5-2)12-15(13-17)9-7-8-14(3)11-15/h14,17H,4-13H2,1-3H3. The van der Waals surface area contributed by atoms with E-state index in [0.717, 1.165) is 19.0 Å². The fourth-order valence-corrected chi connectivity index (χ4v) is 3.31. The van der Waals surface area contributed by atoms with Crippen LogP contribution in [0.1, 0.15) is 59.3 Å². The second kappa shape index (κ2) is 7.38. The van der Waals surface area contributed by atoms with Gasteiger partial charge >= 0.3 is 0 Å². The lowest BCUT2D eigenvalue weighted by molar-refractivity contribution is 0.0249. The molecule has 1 saturated carbocycles. The van der Waals surface area contributed by atoms with Gasteiger partial charge in [0.05, 0.1) is 0 Å². The molecular formula is C15H31NO. The Bertz CT molecular complexity index is 207. The van der Waals surface area contributed by atoms with E-state index in [-0.39, 0.29) is 5.41 Å². The molecule has 0 radical (unpaired) electrons. The van der Waals surface area contributed by atoms with Gasteiger partial charge in [-0.15, -0.1) is 0 Å². The molecule has 0 aromatic carbocycles. The third-order valence-corrected chi connectivity index (χ3v) is 4.36. The maximum Gasteiger partial charge on any atom is 0.0499 e. The molecule has 1 aliphatic rings. The first-order valence-corrected chi connectivity index (χ1v) is 7.49. The number of hydrogen-bond donors (Lipinski definition) is 1. The molecule has 0 spiro atoms. The molecule has 1 fully saturated rings. The SMILES string of the molecule is CCCCN(CC)CC1(CO)CCCC(C)C1. The van der Waals surface area contributed by atoms with E-state index in [0.29, 0.717) is 6.61 Å². The van der Waals surface area contributed by atoms with Crippen molar-refractivity contribution in [2.24, 2.45) is 11.3 Å². The zero-order chi connectivity index (χ0) is 12.7. The summed E-state index contributed by atoms with van der Waals surface area (Å²) >= 11 is 0. The van der Waals surface area contributed by atoms with Crippen LogP contribution >= 0.6 is 0 Å². The lowest BCUT2D eigenvalue weighted by Crippen LogP contribution is -2.43. The molecule has 17 heavy (non-hydrogen) atoms. The van der Waals surface area contributed by atoms with Crippen molar-refractivity contribution in [1.29, 1.82) is 0 Å². The molecule has 0 aromatic heterocycles. The predicted molar refractivity (Wildman–Crippen MR) is 74.2 cm³/mol. The Balaban J connectivity index is 2.53. The summed E-state index contributed by atoms with van der Waals surface area (Å²) in [6, 6.07) is 0. The third-order valence-electron chi connectivity index (χ3n) is 4.36. The van der Waals surface area contributed by atoms with Gasteiger partial charge in [0.15, 0.2) is 0 Å². The summed E-state index contributed by atoms with van der Waals surface area (Å²) in [5.41, 5.74) is 0.196. The molecule has 1 rings (SSSR count). The van der Waals surface area contributed by atoms with Crippen LogP contribution in [0.3, 0.4) is 0 Å². The van der Waals surface area contributed by atoms with Gasteiger partial charge in [0.1, 0.15) is 0 Å². The molecule has 0 aromatic rings. The first-order valence-electron chi connectivity index (χ1n) is 7.49. The molecule has 2 unspecified atom stereocenters. The molecule has 2 heteroatoms. The Morgan fingerprint density at radius 3 is 2.65 bits per heavy atom. The topological polar surface area (TPSA) is 23.5 Å². The van der Waals surface area contributed by atoms with E-state index < -0.39 is 0 Å². The molecule has 0 heterocycles. The number of unbranched alkanes of at least 4 members (excludes halogenated alkanes) is 1. The van der Waals surface area contributed by atoms with E-state index >= 15 is 0 Å². The highest BCUT2D eigenvalue weighted by Gasteiger charge is 2.35. The Morgan fingerprint density at radius 1 is 1.35 bits per heavy atom. The molecule has 0 saturated heterocycles. The van der Waals surface area contributed by atoms with Gasteiger partial charge in [-0.3, -0.25) is 0 Å². The molecule has 0 amide bonds. The van der Waals surface area contributed by atoms with Gasteiger partial charge in [-0.2, -0.15) is 0 Å². The van der Waals surface area contributed by atoms with Gasteiger partial charge in [-0.1, -0.05) is 40.0 Å². The van der Waals surface area contributed by atoms with E-state index in [1.165, 1.54) is 45.1 Å². The summed E-state index contributed by atoms with van der Waals surface area (Å²) in [6.07, 6.45) is 7.63. The summed E-state index contributed by atoms with van der Waals surface area (Å²) in [6.45, 7) is 10.6. The van der Waals surface area contributed by atoms with Crippen molar-refractivity contribution < 1.29 is 5.11 Å². The lowest BCUT2D eigenvalue weighted by Gasteiger charge is -2.42. The summed E-state index contributed by atoms with van der Waals surface area (Å²) in [4.78, 5) is 2.54. The van der Waals surface area contributed by atoms with E-state index in [1.807, 2.05) is 0 Å². The van der Waals surface area contributed by atoms with Crippen LogP contribution in [-0.4, -0.2) is 36.2 Å². The van der Waals surface area contributed by atoms with Crippen LogP contribution in [0.5, 0.6) is 0 Å². The van der Waals surface area contributed by atoms with E-state index in [2.05, 4.69) is 25.7 Å². The quantitative estimate of drug-likeness (QED) is 0.739. The molecule has 0 bridgehead atoms. The number of hydrogen-bond acceptors (Lipinski definition) is 2. The Morgan fingerprint density at radius 2 is 2.12 bits per heavy atom. The van der Waals surface area contributed by atoms with Crippen molar-refractivity contribution in [3.05, 3.63) is 0 Å². The first kappa shape index (κ1) is 15.0. The highest BCUT2D eigenvalue weighted by Crippen LogP contribution is 2.39. The summed E-state index contributed by atoms with van der Waals surface area (Å²) in [5, 5.41) is 9.80. The molecule has 1 N–H and O–H groups in total. The Hall–Kier alpha value is -0.0800. The predicted octanol–water partition coefficient (Wildman–Crippen LogP) is 3.30. The second-order valence-electron chi connectivity index (χ2n) is 6.08. The molecule has 1 aliphatic carbocycles. The van der Waals surface area contributed by atoms with Gasteiger partial charge < -0.3 is 10.0 Å². The van der Waals surface area contributed by atoms with Crippen LogP contribution in [0.25, 0.3) is 0 Å². The van der Waals surface area contributed by atoms with Crippen molar-refractivity contribution >= 4 is 0 Å². The molecule has 0 aliphatic heterocycles. The maximum atomic E-state index is 9.80. The zero-order valence-electron chi connectivity index (χ0n) is 12.0. The van der Waals surface area contributed by atoms with Crippen LogP contribution < -0.4 is 0 Å². The van der Waals surface area contributed by atoms with Crippen molar-refractivity contribution in [2.45, 2.75) is 59.3 Å². The minimum absolute atomic E-state index is 0.196. The molecule has 102 valence electrons. The highest BCUT2D eigenvalue weighted by molar-refractivity contribution is 4.87. The summed E-state index contributed by atoms with van der Waals surface area (Å²) in [7, 11) is 0. The lowest BCUT2D eigenvalue weighted by atomic mass is 9.70. The maximum absolute atomic E-state index is 9.80. The summed E-state index contributed by atoms with van der Waals surface area (Å²) in [5.74, 6) is 0.792. The monoisotopic (exact) mass is 241 g/mol. The van der Waals surface area contributed by atoms with Gasteiger partial charge in [-0.05, 0) is 38.3 Å². The van der Waals surface area contributed by atoms with Crippen LogP contribution in [-0.2, 0) is 0 Å². The number of rotatable bonds is 7. The van der Waals surface area contributed by atoms with Gasteiger partial charge in [-0.25, -0.2) is 0 Å². The smallest absolute Gasteiger partial charge is 0.0499 e. The Labute approximate surface area is 107 Å². The average molecular weight is 241 g/mol. The normalized spacial score (nSPS) is 29.8. The van der Waals surface area contributed by atoms with Crippen molar-refractivity contribution in [1.82, 2.24) is 4.90 Å². The number of nitrogens with zero attached hydrogens (tertiary/aromatic N) is 1. The van der Waals surface area contributed by atoms with Crippen LogP contribution in [0.15, 0.2) is 0 Å². The van der Waals surface area contributed by atoms with E-state index in [4.69, 9.17) is 0 Å². The van der Waals surface area contributed by atoms with Crippen LogP contribution in [0.2, 0.25) is 0 Å². The van der Waals surface area contributed by atoms with Crippen molar-refractivity contribution in [3.63, 3.8) is 0 Å². The molecule has 2 atom stereocenters. The van der Waals surface area contributed by atoms with Crippen LogP contribution in [0, 0.1) is 11.3 Å². The fraction of sp³-hybridized carbons (Fsp3) is 1.00. The van der Waals surface area contributed by atoms with E-state index in [9.17, 15) is 5.11 Å². The number of aliphatic hydroxyl groups is 1. The van der Waals surface area contributed by atoms with Crippen molar-refractivity contribution in [3.8, 4) is 0 Å². The van der Waals surface area contributed by atoms with E-state index in [1.54, 1.807) is 0 Å². The average Bonchev–Trinajstić information content (AvgIpc) is 2.34.